The van der Waals surface area contributed by atoms with Crippen LogP contribution < -0.4 is 0 Å². The molecule has 0 amide bonds. The van der Waals surface area contributed by atoms with Gasteiger partial charge in [0.1, 0.15) is 0 Å². The Morgan fingerprint density at radius 1 is 1.24 bits per heavy atom. The summed E-state index contributed by atoms with van der Waals surface area (Å²) >= 11 is 0. The summed E-state index contributed by atoms with van der Waals surface area (Å²) in [6.45, 7) is 6.37. The first-order chi connectivity index (χ1) is 8.34. The maximum atomic E-state index is 4.24. The molecule has 1 aliphatic carbocycles. The molecule has 0 spiro atoms. The average molecular weight is 225 g/mol. The Morgan fingerprint density at radius 2 is 2.06 bits per heavy atom. The van der Waals surface area contributed by atoms with E-state index in [9.17, 15) is 0 Å². The molecule has 0 radical (unpaired) electrons. The lowest BCUT2D eigenvalue weighted by Crippen LogP contribution is -2.32. The van der Waals surface area contributed by atoms with Gasteiger partial charge in [0, 0.05) is 25.0 Å². The number of rotatable bonds is 2. The Kier molecular flexibility index (Phi) is 2.86. The molecular formula is C16H19N. The van der Waals surface area contributed by atoms with Crippen molar-refractivity contribution in [3.8, 4) is 0 Å². The summed E-state index contributed by atoms with van der Waals surface area (Å²) < 4.78 is 0. The van der Waals surface area contributed by atoms with E-state index in [1.807, 2.05) is 0 Å². The molecule has 2 atom stereocenters. The summed E-state index contributed by atoms with van der Waals surface area (Å²) in [4.78, 5) is 2.59. The fraction of sp³-hybridized carbons (Fsp3) is 0.375. The van der Waals surface area contributed by atoms with Gasteiger partial charge in [-0.25, -0.2) is 0 Å². The molecule has 0 aromatic heterocycles. The lowest BCUT2D eigenvalue weighted by molar-refractivity contribution is 0.215. The summed E-state index contributed by atoms with van der Waals surface area (Å²) in [5, 5.41) is 0. The molecule has 1 aromatic carbocycles. The fourth-order valence-corrected chi connectivity index (χ4v) is 3.11. The van der Waals surface area contributed by atoms with Crippen LogP contribution in [0.5, 0.6) is 0 Å². The minimum Gasteiger partial charge on any atom is -0.291 e. The Balaban J connectivity index is 1.77. The molecular weight excluding hydrogens is 206 g/mol. The van der Waals surface area contributed by atoms with E-state index < -0.39 is 0 Å². The smallest absolute Gasteiger partial charge is 0.0240 e. The second kappa shape index (κ2) is 4.50. The lowest BCUT2D eigenvalue weighted by atomic mass is 9.89. The van der Waals surface area contributed by atoms with Gasteiger partial charge in [-0.15, -0.1) is 0 Å². The van der Waals surface area contributed by atoms with Crippen LogP contribution in [0, 0.1) is 5.92 Å². The van der Waals surface area contributed by atoms with Gasteiger partial charge >= 0.3 is 0 Å². The first kappa shape index (κ1) is 10.8. The van der Waals surface area contributed by atoms with Gasteiger partial charge in [0.15, 0.2) is 0 Å². The van der Waals surface area contributed by atoms with Crippen LogP contribution in [0.15, 0.2) is 54.6 Å². The molecule has 1 heterocycles. The van der Waals surface area contributed by atoms with Gasteiger partial charge in [-0.1, -0.05) is 54.6 Å². The predicted molar refractivity (Wildman–Crippen MR) is 71.6 cm³/mol. The van der Waals surface area contributed by atoms with Crippen molar-refractivity contribution in [2.45, 2.75) is 25.4 Å². The molecule has 88 valence electrons. The van der Waals surface area contributed by atoms with Crippen molar-refractivity contribution in [3.05, 3.63) is 60.2 Å². The molecule has 1 nitrogen and oxygen atoms in total. The van der Waals surface area contributed by atoms with E-state index in [0.717, 1.165) is 13.1 Å². The summed E-state index contributed by atoms with van der Waals surface area (Å²) in [7, 11) is 0. The van der Waals surface area contributed by atoms with Crippen molar-refractivity contribution >= 4 is 0 Å². The normalized spacial score (nSPS) is 28.4. The molecule has 0 unspecified atom stereocenters. The molecule has 0 N–H and O–H groups in total. The van der Waals surface area contributed by atoms with Crippen molar-refractivity contribution in [1.29, 1.82) is 0 Å². The van der Waals surface area contributed by atoms with E-state index in [-0.39, 0.29) is 0 Å². The van der Waals surface area contributed by atoms with Crippen LogP contribution in [0.3, 0.4) is 0 Å². The zero-order valence-electron chi connectivity index (χ0n) is 10.2. The summed E-state index contributed by atoms with van der Waals surface area (Å²) in [5.74, 6) is 0.604. The highest BCUT2D eigenvalue weighted by Crippen LogP contribution is 2.35. The Bertz CT molecular complexity index is 432. The number of hydrogen-bond acceptors (Lipinski definition) is 1. The van der Waals surface area contributed by atoms with Crippen LogP contribution in [0.25, 0.3) is 0 Å². The monoisotopic (exact) mass is 225 g/mol. The number of fused-ring (bicyclic) bond motifs is 1. The highest BCUT2D eigenvalue weighted by molar-refractivity contribution is 5.24. The van der Waals surface area contributed by atoms with Gasteiger partial charge < -0.3 is 0 Å². The Labute approximate surface area is 103 Å². The minimum atomic E-state index is 0.604. The van der Waals surface area contributed by atoms with E-state index in [1.165, 1.54) is 24.0 Å². The zero-order chi connectivity index (χ0) is 11.7. The van der Waals surface area contributed by atoms with Crippen LogP contribution in [0.4, 0.5) is 0 Å². The van der Waals surface area contributed by atoms with Crippen LogP contribution >= 0.6 is 0 Å². The van der Waals surface area contributed by atoms with Gasteiger partial charge in [-0.2, -0.15) is 0 Å². The number of hydrogen-bond donors (Lipinski definition) is 0. The largest absolute Gasteiger partial charge is 0.291 e. The topological polar surface area (TPSA) is 3.24 Å². The molecule has 3 rings (SSSR count). The molecule has 0 bridgehead atoms. The standard InChI is InChI=1S/C16H19N/c1-13-11-17(12-14-7-3-2-4-8-14)16-10-6-5-9-15(13)16/h2-5,7-9,15-16H,1,6,10-12H2/t15-,16-/m1/s1. The third-order valence-corrected chi connectivity index (χ3v) is 3.96. The van der Waals surface area contributed by atoms with Crippen molar-refractivity contribution in [2.75, 3.05) is 6.54 Å². The zero-order valence-corrected chi connectivity index (χ0v) is 10.2. The quantitative estimate of drug-likeness (QED) is 0.697. The van der Waals surface area contributed by atoms with Gasteiger partial charge in [-0.05, 0) is 18.4 Å². The van der Waals surface area contributed by atoms with E-state index in [0.29, 0.717) is 12.0 Å². The highest BCUT2D eigenvalue weighted by Gasteiger charge is 2.35. The summed E-state index contributed by atoms with van der Waals surface area (Å²) in [6.07, 6.45) is 7.19. The molecule has 1 aromatic rings. The molecule has 0 saturated carbocycles. The first-order valence-corrected chi connectivity index (χ1v) is 6.47. The summed E-state index contributed by atoms with van der Waals surface area (Å²) in [5.41, 5.74) is 2.80. The van der Waals surface area contributed by atoms with Crippen molar-refractivity contribution in [1.82, 2.24) is 4.90 Å². The Morgan fingerprint density at radius 3 is 2.88 bits per heavy atom. The van der Waals surface area contributed by atoms with Gasteiger partial charge in [0.25, 0.3) is 0 Å². The summed E-state index contributed by atoms with van der Waals surface area (Å²) in [6, 6.07) is 11.5. The molecule has 17 heavy (non-hydrogen) atoms. The maximum absolute atomic E-state index is 4.24. The van der Waals surface area contributed by atoms with Crippen molar-refractivity contribution < 1.29 is 0 Å². The van der Waals surface area contributed by atoms with E-state index in [2.05, 4.69) is 54.0 Å². The SMILES string of the molecule is C=C1CN(Cc2ccccc2)[C@@H]2CCC=C[C@H]12. The molecule has 1 aliphatic heterocycles. The van der Waals surface area contributed by atoms with E-state index >= 15 is 0 Å². The predicted octanol–water partition coefficient (Wildman–Crippen LogP) is 3.39. The first-order valence-electron chi connectivity index (χ1n) is 6.47. The average Bonchev–Trinajstić information content (AvgIpc) is 2.69. The van der Waals surface area contributed by atoms with Crippen molar-refractivity contribution in [3.63, 3.8) is 0 Å². The highest BCUT2D eigenvalue weighted by atomic mass is 15.2. The van der Waals surface area contributed by atoms with Crippen LogP contribution in [-0.2, 0) is 6.54 Å². The molecule has 1 fully saturated rings. The van der Waals surface area contributed by atoms with Crippen LogP contribution in [0.1, 0.15) is 18.4 Å². The fourth-order valence-electron chi connectivity index (χ4n) is 3.11. The third kappa shape index (κ3) is 2.07. The lowest BCUT2D eigenvalue weighted by Gasteiger charge is -2.28. The van der Waals surface area contributed by atoms with Crippen molar-refractivity contribution in [2.24, 2.45) is 5.92 Å². The van der Waals surface area contributed by atoms with Gasteiger partial charge in [0.05, 0.1) is 0 Å². The molecule has 1 heteroatoms. The maximum Gasteiger partial charge on any atom is 0.0240 e. The van der Waals surface area contributed by atoms with E-state index in [4.69, 9.17) is 0 Å². The van der Waals surface area contributed by atoms with Gasteiger partial charge in [0.2, 0.25) is 0 Å². The van der Waals surface area contributed by atoms with Gasteiger partial charge in [-0.3, -0.25) is 4.90 Å². The number of benzene rings is 1. The molecule has 1 saturated heterocycles. The second-order valence-corrected chi connectivity index (χ2v) is 5.15. The third-order valence-electron chi connectivity index (χ3n) is 3.96. The number of nitrogens with zero attached hydrogens (tertiary/aromatic N) is 1. The van der Waals surface area contributed by atoms with E-state index in [1.54, 1.807) is 0 Å². The van der Waals surface area contributed by atoms with Crippen LogP contribution in [-0.4, -0.2) is 17.5 Å². The Hall–Kier alpha value is -1.34. The number of likely N-dealkylation sites (tertiary alicyclic amines) is 1. The van der Waals surface area contributed by atoms with Crippen LogP contribution in [0.2, 0.25) is 0 Å². The number of allylic oxidation sites excluding steroid dienone is 1. The molecule has 2 aliphatic rings. The minimum absolute atomic E-state index is 0.604. The second-order valence-electron chi connectivity index (χ2n) is 5.15.